The van der Waals surface area contributed by atoms with Crippen LogP contribution in [0.3, 0.4) is 0 Å². The van der Waals surface area contributed by atoms with Crippen molar-refractivity contribution in [1.29, 1.82) is 0 Å². The van der Waals surface area contributed by atoms with Crippen molar-refractivity contribution < 1.29 is 9.59 Å². The van der Waals surface area contributed by atoms with Crippen LogP contribution in [0.25, 0.3) is 0 Å². The van der Waals surface area contributed by atoms with Crippen molar-refractivity contribution in [2.24, 2.45) is 5.92 Å². The molecule has 0 bridgehead atoms. The van der Waals surface area contributed by atoms with Gasteiger partial charge in [0.05, 0.1) is 5.92 Å². The van der Waals surface area contributed by atoms with Gasteiger partial charge in [-0.25, -0.2) is 0 Å². The van der Waals surface area contributed by atoms with Crippen LogP contribution in [0.4, 0.5) is 5.69 Å². The number of amides is 2. The van der Waals surface area contributed by atoms with Crippen molar-refractivity contribution in [3.63, 3.8) is 0 Å². The van der Waals surface area contributed by atoms with Crippen LogP contribution in [0, 0.1) is 5.92 Å². The summed E-state index contributed by atoms with van der Waals surface area (Å²) < 4.78 is 0. The molecule has 1 heterocycles. The van der Waals surface area contributed by atoms with E-state index in [2.05, 4.69) is 5.32 Å². The number of halogens is 1. The molecule has 0 aliphatic carbocycles. The number of hydrogen-bond donors (Lipinski definition) is 1. The quantitative estimate of drug-likeness (QED) is 0.938. The van der Waals surface area contributed by atoms with E-state index < -0.39 is 0 Å². The van der Waals surface area contributed by atoms with Gasteiger partial charge >= 0.3 is 0 Å². The van der Waals surface area contributed by atoms with E-state index in [0.717, 1.165) is 11.3 Å². The number of rotatable bonds is 4. The molecule has 1 unspecified atom stereocenters. The summed E-state index contributed by atoms with van der Waals surface area (Å²) in [4.78, 5) is 26.1. The Hall–Kier alpha value is -2.33. The number of hydrogen-bond acceptors (Lipinski definition) is 2. The first-order valence-electron chi connectivity index (χ1n) is 7.51. The zero-order valence-corrected chi connectivity index (χ0v) is 13.3. The van der Waals surface area contributed by atoms with Gasteiger partial charge in [0, 0.05) is 30.2 Å². The Balaban J connectivity index is 1.60. The minimum atomic E-state index is -0.318. The first-order valence-corrected chi connectivity index (χ1v) is 7.89. The fraction of sp³-hybridized carbons (Fsp3) is 0.222. The molecule has 0 radical (unpaired) electrons. The molecule has 1 N–H and O–H groups in total. The van der Waals surface area contributed by atoms with Crippen molar-refractivity contribution >= 4 is 29.1 Å². The Morgan fingerprint density at radius 1 is 1.13 bits per heavy atom. The number of nitrogens with one attached hydrogen (secondary N) is 1. The van der Waals surface area contributed by atoms with Gasteiger partial charge < -0.3 is 10.2 Å². The van der Waals surface area contributed by atoms with Crippen LogP contribution in [0.5, 0.6) is 0 Å². The molecule has 1 saturated heterocycles. The monoisotopic (exact) mass is 328 g/mol. The van der Waals surface area contributed by atoms with Gasteiger partial charge in [0.1, 0.15) is 0 Å². The van der Waals surface area contributed by atoms with E-state index in [-0.39, 0.29) is 24.2 Å². The first-order chi connectivity index (χ1) is 11.1. The number of benzene rings is 2. The highest BCUT2D eigenvalue weighted by Gasteiger charge is 2.34. The Labute approximate surface area is 140 Å². The molecule has 118 valence electrons. The van der Waals surface area contributed by atoms with E-state index in [1.807, 2.05) is 30.3 Å². The normalized spacial score (nSPS) is 17.3. The van der Waals surface area contributed by atoms with Crippen molar-refractivity contribution in [2.45, 2.75) is 13.0 Å². The van der Waals surface area contributed by atoms with Crippen LogP contribution in [0.15, 0.2) is 54.6 Å². The molecule has 2 aromatic carbocycles. The van der Waals surface area contributed by atoms with Crippen LogP contribution in [0.2, 0.25) is 5.02 Å². The van der Waals surface area contributed by atoms with Gasteiger partial charge in [-0.15, -0.1) is 0 Å². The molecule has 4 nitrogen and oxygen atoms in total. The minimum Gasteiger partial charge on any atom is -0.352 e. The predicted octanol–water partition coefficient (Wildman–Crippen LogP) is 3.01. The second kappa shape index (κ2) is 6.84. The number of nitrogens with zero attached hydrogens (tertiary/aromatic N) is 1. The molecule has 23 heavy (non-hydrogen) atoms. The van der Waals surface area contributed by atoms with Gasteiger partial charge in [-0.1, -0.05) is 41.9 Å². The van der Waals surface area contributed by atoms with E-state index in [9.17, 15) is 9.59 Å². The summed E-state index contributed by atoms with van der Waals surface area (Å²) in [7, 11) is 0. The highest BCUT2D eigenvalue weighted by Crippen LogP contribution is 2.26. The third kappa shape index (κ3) is 3.71. The summed E-state index contributed by atoms with van der Waals surface area (Å²) in [6, 6.07) is 16.8. The van der Waals surface area contributed by atoms with Crippen molar-refractivity contribution in [3.8, 4) is 0 Å². The third-order valence-corrected chi connectivity index (χ3v) is 4.20. The van der Waals surface area contributed by atoms with Crippen LogP contribution in [-0.4, -0.2) is 18.4 Å². The molecule has 1 aliphatic heterocycles. The number of anilines is 1. The third-order valence-electron chi connectivity index (χ3n) is 3.94. The number of carbonyl (C=O) groups excluding carboxylic acids is 2. The zero-order valence-electron chi connectivity index (χ0n) is 12.5. The van der Waals surface area contributed by atoms with Crippen LogP contribution >= 0.6 is 11.6 Å². The molecule has 2 aromatic rings. The second-order valence-electron chi connectivity index (χ2n) is 5.59. The summed E-state index contributed by atoms with van der Waals surface area (Å²) in [6.45, 7) is 0.881. The average Bonchev–Trinajstić information content (AvgIpc) is 2.96. The smallest absolute Gasteiger partial charge is 0.227 e. The Bertz CT molecular complexity index is 701. The van der Waals surface area contributed by atoms with E-state index in [0.29, 0.717) is 18.1 Å². The topological polar surface area (TPSA) is 49.4 Å². The second-order valence-corrected chi connectivity index (χ2v) is 6.02. The standard InChI is InChI=1S/C18H17ClN2O2/c19-15-6-8-16(9-7-15)21-12-14(10-17(21)22)18(23)20-11-13-4-2-1-3-5-13/h1-9,14H,10-12H2,(H,20,23). The highest BCUT2D eigenvalue weighted by atomic mass is 35.5. The minimum absolute atomic E-state index is 0.0350. The predicted molar refractivity (Wildman–Crippen MR) is 90.2 cm³/mol. The largest absolute Gasteiger partial charge is 0.352 e. The van der Waals surface area contributed by atoms with Gasteiger partial charge in [0.25, 0.3) is 0 Å². The molecule has 2 amide bonds. The first kappa shape index (κ1) is 15.6. The SMILES string of the molecule is O=C(NCc1ccccc1)C1CC(=O)N(c2ccc(Cl)cc2)C1. The van der Waals surface area contributed by atoms with E-state index >= 15 is 0 Å². The summed E-state index contributed by atoms with van der Waals surface area (Å²) >= 11 is 5.87. The van der Waals surface area contributed by atoms with Crippen LogP contribution in [-0.2, 0) is 16.1 Å². The lowest BCUT2D eigenvalue weighted by Gasteiger charge is -2.16. The summed E-state index contributed by atoms with van der Waals surface area (Å²) in [6.07, 6.45) is 0.239. The van der Waals surface area contributed by atoms with Gasteiger partial charge in [0.2, 0.25) is 11.8 Å². The maximum absolute atomic E-state index is 12.3. The molecule has 0 spiro atoms. The Morgan fingerprint density at radius 2 is 1.83 bits per heavy atom. The summed E-state index contributed by atoms with van der Waals surface area (Å²) in [5.74, 6) is -0.437. The maximum Gasteiger partial charge on any atom is 0.227 e. The lowest BCUT2D eigenvalue weighted by molar-refractivity contribution is -0.126. The maximum atomic E-state index is 12.3. The van der Waals surface area contributed by atoms with Gasteiger partial charge in [-0.3, -0.25) is 9.59 Å². The van der Waals surface area contributed by atoms with E-state index in [4.69, 9.17) is 11.6 Å². The van der Waals surface area contributed by atoms with Crippen LogP contribution in [0.1, 0.15) is 12.0 Å². The Morgan fingerprint density at radius 3 is 2.52 bits per heavy atom. The van der Waals surface area contributed by atoms with Crippen molar-refractivity contribution in [2.75, 3.05) is 11.4 Å². The van der Waals surface area contributed by atoms with Crippen molar-refractivity contribution in [3.05, 3.63) is 65.2 Å². The van der Waals surface area contributed by atoms with Gasteiger partial charge in [0.15, 0.2) is 0 Å². The Kier molecular flexibility index (Phi) is 4.63. The highest BCUT2D eigenvalue weighted by molar-refractivity contribution is 6.30. The molecular weight excluding hydrogens is 312 g/mol. The molecule has 3 rings (SSSR count). The zero-order chi connectivity index (χ0) is 16.2. The van der Waals surface area contributed by atoms with Crippen molar-refractivity contribution in [1.82, 2.24) is 5.32 Å². The summed E-state index contributed by atoms with van der Waals surface area (Å²) in [5.41, 5.74) is 1.82. The summed E-state index contributed by atoms with van der Waals surface area (Å²) in [5, 5.41) is 3.53. The molecule has 5 heteroatoms. The molecule has 1 aliphatic rings. The molecule has 1 atom stereocenters. The molecular formula is C18H17ClN2O2. The van der Waals surface area contributed by atoms with Gasteiger partial charge in [-0.2, -0.15) is 0 Å². The average molecular weight is 329 g/mol. The molecule has 1 fully saturated rings. The fourth-order valence-electron chi connectivity index (χ4n) is 2.68. The number of carbonyl (C=O) groups is 2. The lowest BCUT2D eigenvalue weighted by atomic mass is 10.1. The van der Waals surface area contributed by atoms with Gasteiger partial charge in [-0.05, 0) is 29.8 Å². The van der Waals surface area contributed by atoms with E-state index in [1.54, 1.807) is 29.2 Å². The fourth-order valence-corrected chi connectivity index (χ4v) is 2.81. The molecule has 0 aromatic heterocycles. The lowest BCUT2D eigenvalue weighted by Crippen LogP contribution is -2.32. The van der Waals surface area contributed by atoms with Crippen LogP contribution < -0.4 is 10.2 Å². The van der Waals surface area contributed by atoms with E-state index in [1.165, 1.54) is 0 Å². The molecule has 0 saturated carbocycles.